The van der Waals surface area contributed by atoms with Gasteiger partial charge in [0, 0.05) is 46.9 Å². The van der Waals surface area contributed by atoms with E-state index in [2.05, 4.69) is 20.9 Å². The van der Waals surface area contributed by atoms with Gasteiger partial charge in [0.15, 0.2) is 5.13 Å². The molecule has 0 spiro atoms. The van der Waals surface area contributed by atoms with Crippen LogP contribution >= 0.6 is 23.1 Å². The summed E-state index contributed by atoms with van der Waals surface area (Å²) in [5.74, 6) is -0.805. The quantitative estimate of drug-likeness (QED) is 0.107. The first-order valence-corrected chi connectivity index (χ1v) is 15.9. The van der Waals surface area contributed by atoms with Crippen LogP contribution in [0.2, 0.25) is 0 Å². The Balaban J connectivity index is 1.20. The van der Waals surface area contributed by atoms with Crippen LogP contribution in [0.1, 0.15) is 15.9 Å². The first-order chi connectivity index (χ1) is 21.8. The summed E-state index contributed by atoms with van der Waals surface area (Å²) in [4.78, 5) is 46.2. The zero-order valence-electron chi connectivity index (χ0n) is 24.7. The fraction of sp³-hybridized carbons (Fsp3) is 0.0857. The number of thiazole rings is 1. The summed E-state index contributed by atoms with van der Waals surface area (Å²) in [6.07, 6.45) is 1.64. The summed E-state index contributed by atoms with van der Waals surface area (Å²) in [5.41, 5.74) is 4.69. The molecule has 0 aliphatic carbocycles. The highest BCUT2D eigenvalue weighted by Crippen LogP contribution is 2.26. The van der Waals surface area contributed by atoms with E-state index >= 15 is 0 Å². The summed E-state index contributed by atoms with van der Waals surface area (Å²) in [7, 11) is 3.90. The van der Waals surface area contributed by atoms with Crippen LogP contribution in [0.15, 0.2) is 125 Å². The number of amides is 3. The third kappa shape index (κ3) is 8.91. The number of nitrogens with zero attached hydrogens (tertiary/aromatic N) is 2. The number of benzene rings is 4. The fourth-order valence-electron chi connectivity index (χ4n) is 4.19. The molecule has 0 fully saturated rings. The van der Waals surface area contributed by atoms with Crippen molar-refractivity contribution in [1.29, 1.82) is 0 Å². The van der Waals surface area contributed by atoms with E-state index in [-0.39, 0.29) is 23.3 Å². The zero-order chi connectivity index (χ0) is 31.6. The molecule has 8 nitrogen and oxygen atoms in total. The summed E-state index contributed by atoms with van der Waals surface area (Å²) in [6.45, 7) is 0. The van der Waals surface area contributed by atoms with Gasteiger partial charge in [0.25, 0.3) is 11.8 Å². The summed E-state index contributed by atoms with van der Waals surface area (Å²) < 4.78 is 0. The van der Waals surface area contributed by atoms with Crippen molar-refractivity contribution in [3.8, 4) is 11.3 Å². The second kappa shape index (κ2) is 15.0. The molecule has 1 heterocycles. The van der Waals surface area contributed by atoms with Gasteiger partial charge in [0.05, 0.1) is 11.4 Å². The van der Waals surface area contributed by atoms with Crippen LogP contribution in [-0.2, 0) is 9.59 Å². The van der Waals surface area contributed by atoms with E-state index in [0.29, 0.717) is 16.4 Å². The van der Waals surface area contributed by atoms with Crippen LogP contribution in [0.4, 0.5) is 16.5 Å². The van der Waals surface area contributed by atoms with Crippen LogP contribution in [0.5, 0.6) is 0 Å². The van der Waals surface area contributed by atoms with Crippen LogP contribution < -0.4 is 20.9 Å². The molecule has 0 aliphatic heterocycles. The maximum Gasteiger partial charge on any atom is 0.272 e. The van der Waals surface area contributed by atoms with Crippen molar-refractivity contribution in [2.75, 3.05) is 35.4 Å². The molecule has 0 bridgehead atoms. The average molecular weight is 634 g/mol. The maximum atomic E-state index is 13.4. The Morgan fingerprint density at radius 3 is 2.16 bits per heavy atom. The molecule has 4 aromatic carbocycles. The Labute approximate surface area is 270 Å². The number of rotatable bonds is 11. The van der Waals surface area contributed by atoms with Gasteiger partial charge in [-0.1, -0.05) is 60.7 Å². The smallest absolute Gasteiger partial charge is 0.272 e. The van der Waals surface area contributed by atoms with Gasteiger partial charge in [0.2, 0.25) is 5.91 Å². The molecule has 0 unspecified atom stereocenters. The van der Waals surface area contributed by atoms with E-state index in [1.54, 1.807) is 42.5 Å². The SMILES string of the molecule is CN(C)c1ccc(/C=C(\NC(=O)c2ccccc2)C(=O)Nc2ccc(SCC(=O)Nc3nc(-c4ccccc4)cs3)cc2)cc1. The Morgan fingerprint density at radius 1 is 0.822 bits per heavy atom. The normalized spacial score (nSPS) is 11.0. The Hall–Kier alpha value is -5.19. The first kappa shape index (κ1) is 31.2. The molecular weight excluding hydrogens is 603 g/mol. The molecule has 0 atom stereocenters. The van der Waals surface area contributed by atoms with Gasteiger partial charge in [0.1, 0.15) is 5.70 Å². The highest BCUT2D eigenvalue weighted by molar-refractivity contribution is 8.00. The van der Waals surface area contributed by atoms with Crippen LogP contribution in [0.25, 0.3) is 17.3 Å². The van der Waals surface area contributed by atoms with E-state index in [4.69, 9.17) is 0 Å². The standard InChI is InChI=1S/C35H31N5O3S2/c1-40(2)28-17-13-24(14-18-28)21-30(37-33(42)26-11-7-4-8-12-26)34(43)36-27-15-19-29(20-16-27)44-23-32(41)39-35-38-31(22-45-35)25-9-5-3-6-10-25/h3-22H,23H2,1-2H3,(H,36,43)(H,37,42)(H,38,39,41)/b30-21-. The molecule has 45 heavy (non-hydrogen) atoms. The lowest BCUT2D eigenvalue weighted by Gasteiger charge is -2.13. The molecule has 5 aromatic rings. The lowest BCUT2D eigenvalue weighted by molar-refractivity contribution is -0.114. The van der Waals surface area contributed by atoms with Gasteiger partial charge in [-0.25, -0.2) is 4.98 Å². The molecule has 226 valence electrons. The van der Waals surface area contributed by atoms with E-state index in [1.165, 1.54) is 23.1 Å². The predicted octanol–water partition coefficient (Wildman–Crippen LogP) is 7.02. The number of aromatic nitrogens is 1. The number of carbonyl (C=O) groups is 3. The van der Waals surface area contributed by atoms with Crippen molar-refractivity contribution in [3.05, 3.63) is 131 Å². The lowest BCUT2D eigenvalue weighted by Crippen LogP contribution is -2.30. The van der Waals surface area contributed by atoms with E-state index in [1.807, 2.05) is 97.2 Å². The Morgan fingerprint density at radius 2 is 1.49 bits per heavy atom. The minimum Gasteiger partial charge on any atom is -0.378 e. The lowest BCUT2D eigenvalue weighted by atomic mass is 10.1. The fourth-order valence-corrected chi connectivity index (χ4v) is 5.62. The second-order valence-corrected chi connectivity index (χ2v) is 12.0. The first-order valence-electron chi connectivity index (χ1n) is 14.0. The summed E-state index contributed by atoms with van der Waals surface area (Å²) in [5, 5.41) is 10.9. The number of nitrogens with one attached hydrogen (secondary N) is 3. The molecule has 0 saturated carbocycles. The highest BCUT2D eigenvalue weighted by atomic mass is 32.2. The third-order valence-electron chi connectivity index (χ3n) is 6.55. The number of hydrogen-bond acceptors (Lipinski definition) is 7. The summed E-state index contributed by atoms with van der Waals surface area (Å²) >= 11 is 2.76. The molecule has 5 rings (SSSR count). The molecular formula is C35H31N5O3S2. The molecule has 3 N–H and O–H groups in total. The van der Waals surface area contributed by atoms with E-state index in [0.717, 1.165) is 27.4 Å². The van der Waals surface area contributed by atoms with Crippen molar-refractivity contribution in [3.63, 3.8) is 0 Å². The van der Waals surface area contributed by atoms with Crippen molar-refractivity contribution < 1.29 is 14.4 Å². The van der Waals surface area contributed by atoms with Gasteiger partial charge in [-0.2, -0.15) is 0 Å². The van der Waals surface area contributed by atoms with Crippen molar-refractivity contribution in [1.82, 2.24) is 10.3 Å². The van der Waals surface area contributed by atoms with Crippen LogP contribution in [0, 0.1) is 0 Å². The zero-order valence-corrected chi connectivity index (χ0v) is 26.3. The van der Waals surface area contributed by atoms with Gasteiger partial charge in [-0.15, -0.1) is 23.1 Å². The predicted molar refractivity (Wildman–Crippen MR) is 185 cm³/mol. The van der Waals surface area contributed by atoms with Crippen molar-refractivity contribution in [2.24, 2.45) is 0 Å². The van der Waals surface area contributed by atoms with E-state index < -0.39 is 5.91 Å². The number of hydrogen-bond donors (Lipinski definition) is 3. The minimum absolute atomic E-state index is 0.106. The maximum absolute atomic E-state index is 13.4. The number of carbonyl (C=O) groups excluding carboxylic acids is 3. The Bertz CT molecular complexity index is 1790. The van der Waals surface area contributed by atoms with Crippen LogP contribution in [-0.4, -0.2) is 42.6 Å². The van der Waals surface area contributed by atoms with Gasteiger partial charge < -0.3 is 20.9 Å². The summed E-state index contributed by atoms with van der Waals surface area (Å²) in [6, 6.07) is 33.4. The molecule has 0 aliphatic rings. The van der Waals surface area contributed by atoms with Crippen molar-refractivity contribution in [2.45, 2.75) is 4.90 Å². The highest BCUT2D eigenvalue weighted by Gasteiger charge is 2.16. The average Bonchev–Trinajstić information content (AvgIpc) is 3.53. The monoisotopic (exact) mass is 633 g/mol. The molecule has 0 saturated heterocycles. The van der Waals surface area contributed by atoms with E-state index in [9.17, 15) is 14.4 Å². The molecule has 3 amide bonds. The molecule has 0 radical (unpaired) electrons. The topological polar surface area (TPSA) is 103 Å². The van der Waals surface area contributed by atoms with Gasteiger partial charge >= 0.3 is 0 Å². The van der Waals surface area contributed by atoms with Crippen molar-refractivity contribution >= 4 is 63.4 Å². The van der Waals surface area contributed by atoms with Gasteiger partial charge in [-0.05, 0) is 60.2 Å². The number of thioether (sulfide) groups is 1. The largest absolute Gasteiger partial charge is 0.378 e. The molecule has 10 heteroatoms. The Kier molecular flexibility index (Phi) is 10.4. The van der Waals surface area contributed by atoms with Gasteiger partial charge in [-0.3, -0.25) is 14.4 Å². The number of anilines is 3. The molecule has 1 aromatic heterocycles. The minimum atomic E-state index is -0.464. The third-order valence-corrected chi connectivity index (χ3v) is 8.32. The van der Waals surface area contributed by atoms with Crippen LogP contribution in [0.3, 0.4) is 0 Å². The second-order valence-electron chi connectivity index (χ2n) is 10.1.